The molecule has 3 rings (SSSR count). The molecule has 23 heavy (non-hydrogen) atoms. The van der Waals surface area contributed by atoms with Crippen LogP contribution in [0.25, 0.3) is 11.1 Å². The molecule has 2 N–H and O–H groups in total. The molecule has 120 valence electrons. The van der Waals surface area contributed by atoms with Gasteiger partial charge in [0.2, 0.25) is 15.9 Å². The Balaban J connectivity index is 1.90. The molecule has 5 nitrogen and oxygen atoms in total. The van der Waals surface area contributed by atoms with Crippen molar-refractivity contribution in [3.8, 4) is 11.1 Å². The van der Waals surface area contributed by atoms with E-state index in [9.17, 15) is 13.2 Å². The van der Waals surface area contributed by atoms with Gasteiger partial charge in [-0.3, -0.25) is 4.79 Å². The summed E-state index contributed by atoms with van der Waals surface area (Å²) in [4.78, 5) is 11.4. The van der Waals surface area contributed by atoms with E-state index in [4.69, 9.17) is 0 Å². The molecule has 1 aliphatic rings. The molecule has 1 fully saturated rings. The highest BCUT2D eigenvalue weighted by atomic mass is 32.2. The van der Waals surface area contributed by atoms with Gasteiger partial charge in [-0.25, -0.2) is 13.1 Å². The van der Waals surface area contributed by atoms with Crippen molar-refractivity contribution in [2.24, 2.45) is 0 Å². The molecule has 0 spiro atoms. The van der Waals surface area contributed by atoms with E-state index < -0.39 is 10.0 Å². The monoisotopic (exact) mass is 330 g/mol. The summed E-state index contributed by atoms with van der Waals surface area (Å²) in [5.74, 6) is -0.0369. The van der Waals surface area contributed by atoms with Crippen molar-refractivity contribution in [2.45, 2.75) is 23.8 Å². The zero-order chi connectivity index (χ0) is 16.3. The van der Waals surface area contributed by atoms with Gasteiger partial charge >= 0.3 is 0 Å². The average Bonchev–Trinajstić information content (AvgIpc) is 2.58. The number of amides is 1. The summed E-state index contributed by atoms with van der Waals surface area (Å²) < 4.78 is 28.2. The standard InChI is InChI=1S/C17H18N2O3S/c20-17-11-10-14(12-18-17)19-23(21,22)16-9-5-4-8-15(16)13-6-2-1-3-7-13/h1-9,14,19H,10-12H2,(H,18,20)/t14-/m0/s1. The fraction of sp³-hybridized carbons (Fsp3) is 0.235. The summed E-state index contributed by atoms with van der Waals surface area (Å²) in [7, 11) is -3.66. The minimum absolute atomic E-state index is 0.0369. The highest BCUT2D eigenvalue weighted by Crippen LogP contribution is 2.27. The number of benzene rings is 2. The number of carbonyl (C=O) groups excluding carboxylic acids is 1. The smallest absolute Gasteiger partial charge is 0.241 e. The lowest BCUT2D eigenvalue weighted by atomic mass is 10.1. The summed E-state index contributed by atoms with van der Waals surface area (Å²) in [5, 5.41) is 2.69. The van der Waals surface area contributed by atoms with Crippen molar-refractivity contribution in [3.05, 3.63) is 54.6 Å². The zero-order valence-electron chi connectivity index (χ0n) is 12.5. The number of sulfonamides is 1. The molecule has 0 aromatic heterocycles. The van der Waals surface area contributed by atoms with Gasteiger partial charge in [-0.1, -0.05) is 48.5 Å². The first kappa shape index (κ1) is 15.7. The Hall–Kier alpha value is -2.18. The Morgan fingerprint density at radius 3 is 2.39 bits per heavy atom. The third kappa shape index (κ3) is 3.60. The second-order valence-corrected chi connectivity index (χ2v) is 7.21. The fourth-order valence-electron chi connectivity index (χ4n) is 2.67. The quantitative estimate of drug-likeness (QED) is 0.899. The molecule has 1 aliphatic heterocycles. The van der Waals surface area contributed by atoms with E-state index in [0.717, 1.165) is 5.56 Å². The summed E-state index contributed by atoms with van der Waals surface area (Å²) >= 11 is 0. The number of carbonyl (C=O) groups is 1. The van der Waals surface area contributed by atoms with Crippen LogP contribution in [0.1, 0.15) is 12.8 Å². The van der Waals surface area contributed by atoms with Crippen LogP contribution in [0.5, 0.6) is 0 Å². The van der Waals surface area contributed by atoms with Crippen molar-refractivity contribution < 1.29 is 13.2 Å². The Kier molecular flexibility index (Phi) is 4.45. The van der Waals surface area contributed by atoms with Crippen LogP contribution in [0.4, 0.5) is 0 Å². The molecule has 0 radical (unpaired) electrons. The van der Waals surface area contributed by atoms with Gasteiger partial charge in [0, 0.05) is 24.6 Å². The maximum absolute atomic E-state index is 12.8. The van der Waals surface area contributed by atoms with Gasteiger partial charge in [-0.15, -0.1) is 0 Å². The van der Waals surface area contributed by atoms with Gasteiger partial charge in [0.05, 0.1) is 4.90 Å². The van der Waals surface area contributed by atoms with Crippen molar-refractivity contribution in [1.82, 2.24) is 10.0 Å². The predicted molar refractivity (Wildman–Crippen MR) is 88.2 cm³/mol. The van der Waals surface area contributed by atoms with E-state index in [1.165, 1.54) is 0 Å². The first-order valence-corrected chi connectivity index (χ1v) is 8.98. The van der Waals surface area contributed by atoms with Crippen LogP contribution in [-0.4, -0.2) is 26.9 Å². The molecule has 2 aromatic carbocycles. The van der Waals surface area contributed by atoms with E-state index in [1.807, 2.05) is 36.4 Å². The molecular formula is C17H18N2O3S. The third-order valence-corrected chi connectivity index (χ3v) is 5.43. The van der Waals surface area contributed by atoms with Crippen LogP contribution in [-0.2, 0) is 14.8 Å². The van der Waals surface area contributed by atoms with Crippen LogP contribution < -0.4 is 10.0 Å². The van der Waals surface area contributed by atoms with Gasteiger partial charge in [0.1, 0.15) is 0 Å². The number of hydrogen-bond donors (Lipinski definition) is 2. The first-order valence-electron chi connectivity index (χ1n) is 7.50. The molecule has 0 aliphatic carbocycles. The average molecular weight is 330 g/mol. The second kappa shape index (κ2) is 6.52. The zero-order valence-corrected chi connectivity index (χ0v) is 13.3. The van der Waals surface area contributed by atoms with Crippen molar-refractivity contribution in [2.75, 3.05) is 6.54 Å². The minimum atomic E-state index is -3.66. The number of piperidine rings is 1. The molecule has 1 atom stereocenters. The van der Waals surface area contributed by atoms with E-state index in [2.05, 4.69) is 10.0 Å². The lowest BCUT2D eigenvalue weighted by Gasteiger charge is -2.24. The molecule has 0 saturated carbocycles. The van der Waals surface area contributed by atoms with Gasteiger partial charge in [-0.2, -0.15) is 0 Å². The maximum atomic E-state index is 12.8. The van der Waals surface area contributed by atoms with Gasteiger partial charge in [0.25, 0.3) is 0 Å². The predicted octanol–water partition coefficient (Wildman–Crippen LogP) is 1.91. The lowest BCUT2D eigenvalue weighted by molar-refractivity contribution is -0.122. The van der Waals surface area contributed by atoms with Gasteiger partial charge in [0.15, 0.2) is 0 Å². The molecule has 1 amide bonds. The van der Waals surface area contributed by atoms with Crippen LogP contribution >= 0.6 is 0 Å². The number of hydrogen-bond acceptors (Lipinski definition) is 3. The summed E-state index contributed by atoms with van der Waals surface area (Å²) in [6.45, 7) is 0.325. The highest BCUT2D eigenvalue weighted by molar-refractivity contribution is 7.89. The first-order chi connectivity index (χ1) is 11.1. The van der Waals surface area contributed by atoms with E-state index in [1.54, 1.807) is 18.2 Å². The Bertz CT molecular complexity index is 794. The Morgan fingerprint density at radius 1 is 1.00 bits per heavy atom. The Labute approximate surface area is 135 Å². The SMILES string of the molecule is O=C1CC[C@H](NS(=O)(=O)c2ccccc2-c2ccccc2)CN1. The Morgan fingerprint density at radius 2 is 1.70 bits per heavy atom. The van der Waals surface area contributed by atoms with Gasteiger partial charge < -0.3 is 5.32 Å². The molecule has 0 unspecified atom stereocenters. The van der Waals surface area contributed by atoms with Crippen LogP contribution in [0.15, 0.2) is 59.5 Å². The number of rotatable bonds is 4. The summed E-state index contributed by atoms with van der Waals surface area (Å²) in [6, 6.07) is 16.1. The topological polar surface area (TPSA) is 75.3 Å². The van der Waals surface area contributed by atoms with Crippen LogP contribution in [0.2, 0.25) is 0 Å². The minimum Gasteiger partial charge on any atom is -0.355 e. The summed E-state index contributed by atoms with van der Waals surface area (Å²) in [6.07, 6.45) is 0.853. The van der Waals surface area contributed by atoms with Crippen molar-refractivity contribution >= 4 is 15.9 Å². The molecule has 1 saturated heterocycles. The molecule has 1 heterocycles. The largest absolute Gasteiger partial charge is 0.355 e. The third-order valence-electron chi connectivity index (χ3n) is 3.85. The fourth-order valence-corrected chi connectivity index (χ4v) is 4.17. The maximum Gasteiger partial charge on any atom is 0.241 e. The van der Waals surface area contributed by atoms with Crippen LogP contribution in [0, 0.1) is 0 Å². The van der Waals surface area contributed by atoms with Gasteiger partial charge in [-0.05, 0) is 18.1 Å². The van der Waals surface area contributed by atoms with Crippen molar-refractivity contribution in [1.29, 1.82) is 0 Å². The molecule has 2 aromatic rings. The highest BCUT2D eigenvalue weighted by Gasteiger charge is 2.25. The van der Waals surface area contributed by atoms with E-state index in [0.29, 0.717) is 24.9 Å². The molecule has 0 bridgehead atoms. The van der Waals surface area contributed by atoms with Crippen LogP contribution in [0.3, 0.4) is 0 Å². The molecule has 6 heteroatoms. The summed E-state index contributed by atoms with van der Waals surface area (Å²) in [5.41, 5.74) is 1.52. The molecular weight excluding hydrogens is 312 g/mol. The lowest BCUT2D eigenvalue weighted by Crippen LogP contribution is -2.47. The van der Waals surface area contributed by atoms with Crippen molar-refractivity contribution in [3.63, 3.8) is 0 Å². The number of nitrogens with one attached hydrogen (secondary N) is 2. The normalized spacial score (nSPS) is 18.4. The second-order valence-electron chi connectivity index (χ2n) is 5.52. The van der Waals surface area contributed by atoms with E-state index in [-0.39, 0.29) is 16.8 Å². The van der Waals surface area contributed by atoms with E-state index >= 15 is 0 Å².